The van der Waals surface area contributed by atoms with Gasteiger partial charge in [0.05, 0.1) is 0 Å². The zero-order chi connectivity index (χ0) is 11.4. The first-order valence-electron chi connectivity index (χ1n) is 4.63. The summed E-state index contributed by atoms with van der Waals surface area (Å²) >= 11 is 3.28. The molecule has 0 aliphatic heterocycles. The summed E-state index contributed by atoms with van der Waals surface area (Å²) in [7, 11) is 0. The highest BCUT2D eigenvalue weighted by Crippen LogP contribution is 2.24. The summed E-state index contributed by atoms with van der Waals surface area (Å²) in [6, 6.07) is 3.48. The number of carbonyl (C=O) groups is 2. The zero-order valence-electron chi connectivity index (χ0n) is 8.63. The van der Waals surface area contributed by atoms with E-state index in [1.54, 1.807) is 13.0 Å². The molecular weight excluding hydrogens is 258 g/mol. The molecule has 0 spiro atoms. The van der Waals surface area contributed by atoms with Crippen LogP contribution in [0.25, 0.3) is 0 Å². The Kier molecular flexibility index (Phi) is 4.03. The van der Waals surface area contributed by atoms with Gasteiger partial charge in [-0.3, -0.25) is 9.59 Å². The number of amides is 1. The quantitative estimate of drug-likeness (QED) is 0.858. The number of benzene rings is 1. The van der Waals surface area contributed by atoms with Gasteiger partial charge >= 0.3 is 0 Å². The number of nitrogens with one attached hydrogen (secondary N) is 1. The van der Waals surface area contributed by atoms with Crippen LogP contribution in [0, 0.1) is 6.92 Å². The second-order valence-electron chi connectivity index (χ2n) is 3.21. The molecule has 0 atom stereocenters. The van der Waals surface area contributed by atoms with E-state index in [1.165, 1.54) is 0 Å². The van der Waals surface area contributed by atoms with Gasteiger partial charge in [-0.2, -0.15) is 0 Å². The zero-order valence-corrected chi connectivity index (χ0v) is 10.2. The van der Waals surface area contributed by atoms with Gasteiger partial charge in [-0.05, 0) is 24.6 Å². The monoisotopic (exact) mass is 269 g/mol. The lowest BCUT2D eigenvalue weighted by molar-refractivity contribution is -0.115. The van der Waals surface area contributed by atoms with E-state index in [0.29, 0.717) is 17.7 Å². The Morgan fingerprint density at radius 3 is 2.73 bits per heavy atom. The average molecular weight is 270 g/mol. The van der Waals surface area contributed by atoms with E-state index in [9.17, 15) is 9.59 Å². The summed E-state index contributed by atoms with van der Waals surface area (Å²) in [6.45, 7) is 3.66. The molecule has 0 fully saturated rings. The SMILES string of the molecule is CCC(=O)Nc1cc(C=O)c(Br)cc1C. The molecular formula is C11H12BrNO2. The van der Waals surface area contributed by atoms with Crippen molar-refractivity contribution in [2.45, 2.75) is 20.3 Å². The van der Waals surface area contributed by atoms with Gasteiger partial charge in [0.15, 0.2) is 6.29 Å². The number of hydrogen-bond donors (Lipinski definition) is 1. The largest absolute Gasteiger partial charge is 0.326 e. The molecule has 0 saturated carbocycles. The van der Waals surface area contributed by atoms with E-state index in [4.69, 9.17) is 0 Å². The van der Waals surface area contributed by atoms with E-state index in [0.717, 1.165) is 16.3 Å². The molecule has 4 heteroatoms. The molecule has 0 unspecified atom stereocenters. The second-order valence-corrected chi connectivity index (χ2v) is 4.06. The topological polar surface area (TPSA) is 46.2 Å². The fourth-order valence-electron chi connectivity index (χ4n) is 1.15. The van der Waals surface area contributed by atoms with Gasteiger partial charge in [0.1, 0.15) is 0 Å². The van der Waals surface area contributed by atoms with Crippen molar-refractivity contribution in [3.63, 3.8) is 0 Å². The van der Waals surface area contributed by atoms with Crippen LogP contribution in [-0.2, 0) is 4.79 Å². The van der Waals surface area contributed by atoms with Crippen LogP contribution in [0.3, 0.4) is 0 Å². The van der Waals surface area contributed by atoms with Gasteiger partial charge in [0.25, 0.3) is 0 Å². The van der Waals surface area contributed by atoms with Crippen molar-refractivity contribution in [1.29, 1.82) is 0 Å². The van der Waals surface area contributed by atoms with E-state index in [1.807, 2.05) is 13.0 Å². The minimum atomic E-state index is -0.0581. The molecule has 0 aliphatic carbocycles. The Balaban J connectivity index is 3.07. The summed E-state index contributed by atoms with van der Waals surface area (Å²) < 4.78 is 0.740. The lowest BCUT2D eigenvalue weighted by Gasteiger charge is -2.09. The van der Waals surface area contributed by atoms with Crippen LogP contribution < -0.4 is 5.32 Å². The molecule has 0 aromatic heterocycles. The third kappa shape index (κ3) is 2.89. The lowest BCUT2D eigenvalue weighted by atomic mass is 10.1. The fraction of sp³-hybridized carbons (Fsp3) is 0.273. The van der Waals surface area contributed by atoms with Gasteiger partial charge < -0.3 is 5.32 Å². The minimum Gasteiger partial charge on any atom is -0.326 e. The molecule has 15 heavy (non-hydrogen) atoms. The van der Waals surface area contributed by atoms with Gasteiger partial charge in [-0.15, -0.1) is 0 Å². The first-order chi connectivity index (χ1) is 7.08. The minimum absolute atomic E-state index is 0.0581. The molecule has 0 radical (unpaired) electrons. The predicted molar refractivity (Wildman–Crippen MR) is 63.2 cm³/mol. The highest BCUT2D eigenvalue weighted by Gasteiger charge is 2.06. The molecule has 80 valence electrons. The van der Waals surface area contributed by atoms with Gasteiger partial charge in [0.2, 0.25) is 5.91 Å². The molecule has 1 rings (SSSR count). The first-order valence-corrected chi connectivity index (χ1v) is 5.43. The van der Waals surface area contributed by atoms with Crippen LogP contribution in [0.1, 0.15) is 29.3 Å². The van der Waals surface area contributed by atoms with E-state index in [-0.39, 0.29) is 5.91 Å². The smallest absolute Gasteiger partial charge is 0.224 e. The van der Waals surface area contributed by atoms with Gasteiger partial charge in [0, 0.05) is 22.1 Å². The molecule has 0 saturated heterocycles. The molecule has 1 aromatic carbocycles. The maximum absolute atomic E-state index is 11.2. The van der Waals surface area contributed by atoms with E-state index < -0.39 is 0 Å². The van der Waals surface area contributed by atoms with Crippen molar-refractivity contribution < 1.29 is 9.59 Å². The number of carbonyl (C=O) groups excluding carboxylic acids is 2. The van der Waals surface area contributed by atoms with Crippen molar-refractivity contribution in [2.24, 2.45) is 0 Å². The molecule has 0 heterocycles. The molecule has 1 aromatic rings. The Hall–Kier alpha value is -1.16. The number of anilines is 1. The van der Waals surface area contributed by atoms with E-state index >= 15 is 0 Å². The number of hydrogen-bond acceptors (Lipinski definition) is 2. The third-order valence-electron chi connectivity index (χ3n) is 2.07. The maximum atomic E-state index is 11.2. The second kappa shape index (κ2) is 5.07. The summed E-state index contributed by atoms with van der Waals surface area (Å²) in [4.78, 5) is 21.9. The van der Waals surface area contributed by atoms with Gasteiger partial charge in [-0.25, -0.2) is 0 Å². The highest BCUT2D eigenvalue weighted by atomic mass is 79.9. The van der Waals surface area contributed by atoms with Crippen LogP contribution in [0.5, 0.6) is 0 Å². The standard InChI is InChI=1S/C11H12BrNO2/c1-3-11(15)13-10-5-8(6-14)9(12)4-7(10)2/h4-6H,3H2,1-2H3,(H,13,15). The molecule has 0 bridgehead atoms. The summed E-state index contributed by atoms with van der Waals surface area (Å²) in [5.41, 5.74) is 2.15. The van der Waals surface area contributed by atoms with Crippen molar-refractivity contribution in [2.75, 3.05) is 5.32 Å². The van der Waals surface area contributed by atoms with Crippen LogP contribution in [0.4, 0.5) is 5.69 Å². The Labute approximate surface area is 97.0 Å². The van der Waals surface area contributed by atoms with Crippen molar-refractivity contribution in [1.82, 2.24) is 0 Å². The summed E-state index contributed by atoms with van der Waals surface area (Å²) in [6.07, 6.45) is 1.18. The number of rotatable bonds is 3. The normalized spacial score (nSPS) is 9.80. The number of aldehydes is 1. The van der Waals surface area contributed by atoms with Crippen molar-refractivity contribution in [3.8, 4) is 0 Å². The first kappa shape index (κ1) is 11.9. The summed E-state index contributed by atoms with van der Waals surface area (Å²) in [5, 5.41) is 2.74. The summed E-state index contributed by atoms with van der Waals surface area (Å²) in [5.74, 6) is -0.0581. The van der Waals surface area contributed by atoms with Crippen LogP contribution >= 0.6 is 15.9 Å². The number of halogens is 1. The average Bonchev–Trinajstić information content (AvgIpc) is 2.21. The van der Waals surface area contributed by atoms with Crippen LogP contribution in [0.15, 0.2) is 16.6 Å². The molecule has 1 N–H and O–H groups in total. The van der Waals surface area contributed by atoms with Crippen LogP contribution in [0.2, 0.25) is 0 Å². The van der Waals surface area contributed by atoms with Crippen molar-refractivity contribution in [3.05, 3.63) is 27.7 Å². The highest BCUT2D eigenvalue weighted by molar-refractivity contribution is 9.10. The Morgan fingerprint density at radius 1 is 1.53 bits per heavy atom. The Bertz CT molecular complexity index is 402. The molecule has 1 amide bonds. The lowest BCUT2D eigenvalue weighted by Crippen LogP contribution is -2.10. The van der Waals surface area contributed by atoms with Crippen LogP contribution in [-0.4, -0.2) is 12.2 Å². The molecule has 0 aliphatic rings. The number of aryl methyl sites for hydroxylation is 1. The van der Waals surface area contributed by atoms with Crippen molar-refractivity contribution >= 4 is 33.8 Å². The predicted octanol–water partition coefficient (Wildman–Crippen LogP) is 2.92. The third-order valence-corrected chi connectivity index (χ3v) is 2.75. The Morgan fingerprint density at radius 2 is 2.20 bits per heavy atom. The maximum Gasteiger partial charge on any atom is 0.224 e. The van der Waals surface area contributed by atoms with Gasteiger partial charge in [-0.1, -0.05) is 22.9 Å². The fourth-order valence-corrected chi connectivity index (χ4v) is 1.70. The molecule has 3 nitrogen and oxygen atoms in total. The van der Waals surface area contributed by atoms with E-state index in [2.05, 4.69) is 21.2 Å².